The van der Waals surface area contributed by atoms with Crippen molar-refractivity contribution in [1.82, 2.24) is 5.32 Å². The second kappa shape index (κ2) is 6.39. The molecule has 2 unspecified atom stereocenters. The Bertz CT molecular complexity index is 520. The predicted octanol–water partition coefficient (Wildman–Crippen LogP) is 2.72. The molecule has 21 heavy (non-hydrogen) atoms. The number of carbonyl (C=O) groups is 1. The quantitative estimate of drug-likeness (QED) is 0.877. The number of hydrogen-bond acceptors (Lipinski definition) is 3. The zero-order valence-electron chi connectivity index (χ0n) is 11.9. The van der Waals surface area contributed by atoms with Crippen molar-refractivity contribution in [2.75, 3.05) is 6.54 Å². The highest BCUT2D eigenvalue weighted by Gasteiger charge is 2.43. The fourth-order valence-corrected chi connectivity index (χ4v) is 2.84. The molecule has 1 aromatic carbocycles. The second-order valence-corrected chi connectivity index (χ2v) is 5.33. The lowest BCUT2D eigenvalue weighted by molar-refractivity contribution is -0.147. The topological polar surface area (TPSA) is 58.6 Å². The molecule has 0 heterocycles. The molecule has 1 saturated carbocycles. The van der Waals surface area contributed by atoms with Crippen LogP contribution in [0.3, 0.4) is 0 Å². The first-order chi connectivity index (χ1) is 9.97. The van der Waals surface area contributed by atoms with Gasteiger partial charge in [-0.15, -0.1) is 0 Å². The summed E-state index contributed by atoms with van der Waals surface area (Å²) in [5, 5.41) is 12.5. The summed E-state index contributed by atoms with van der Waals surface area (Å²) in [4.78, 5) is 11.5. The minimum atomic E-state index is -1.03. The van der Waals surface area contributed by atoms with Crippen LogP contribution in [0.5, 0.6) is 5.75 Å². The van der Waals surface area contributed by atoms with E-state index in [9.17, 15) is 18.7 Å². The van der Waals surface area contributed by atoms with Gasteiger partial charge in [0.2, 0.25) is 0 Å². The first-order valence-electron chi connectivity index (χ1n) is 7.07. The lowest BCUT2D eigenvalue weighted by Gasteiger charge is -2.38. The Kier molecular flexibility index (Phi) is 4.77. The van der Waals surface area contributed by atoms with E-state index in [1.807, 2.05) is 6.92 Å². The van der Waals surface area contributed by atoms with Crippen molar-refractivity contribution in [3.8, 4) is 5.75 Å². The molecule has 0 aromatic heterocycles. The lowest BCUT2D eigenvalue weighted by atomic mass is 9.80. The molecule has 2 rings (SSSR count). The molecule has 0 spiro atoms. The molecule has 0 bridgehead atoms. The van der Waals surface area contributed by atoms with Crippen molar-refractivity contribution in [1.29, 1.82) is 0 Å². The first kappa shape index (κ1) is 15.7. The van der Waals surface area contributed by atoms with Gasteiger partial charge in [0, 0.05) is 12.5 Å². The van der Waals surface area contributed by atoms with Crippen LogP contribution in [0.1, 0.15) is 32.6 Å². The summed E-state index contributed by atoms with van der Waals surface area (Å²) in [6.45, 7) is 2.37. The maximum atomic E-state index is 13.6. The molecular formula is C15H19F2NO3. The van der Waals surface area contributed by atoms with Crippen LogP contribution in [0.4, 0.5) is 8.78 Å². The van der Waals surface area contributed by atoms with Gasteiger partial charge in [-0.2, -0.15) is 0 Å². The smallest absolute Gasteiger partial charge is 0.324 e. The van der Waals surface area contributed by atoms with E-state index in [2.05, 4.69) is 5.32 Å². The standard InChI is InChI=1S/C15H19F2NO3/c1-2-18-15(14(19)20)7-3-4-11(9-15)21-13-6-5-10(16)8-12(13)17/h5-6,8,11,18H,2-4,7,9H2,1H3,(H,19,20). The zero-order chi connectivity index (χ0) is 15.5. The summed E-state index contributed by atoms with van der Waals surface area (Å²) < 4.78 is 32.0. The highest BCUT2D eigenvalue weighted by molar-refractivity contribution is 5.79. The third kappa shape index (κ3) is 3.50. The summed E-state index contributed by atoms with van der Waals surface area (Å²) in [6, 6.07) is 3.11. The SMILES string of the molecule is CCNC1(C(=O)O)CCCC(Oc2ccc(F)cc2F)C1. The number of rotatable bonds is 5. The van der Waals surface area contributed by atoms with E-state index in [-0.39, 0.29) is 12.2 Å². The van der Waals surface area contributed by atoms with Gasteiger partial charge < -0.3 is 15.2 Å². The molecule has 1 aliphatic carbocycles. The molecule has 2 atom stereocenters. The van der Waals surface area contributed by atoms with E-state index < -0.39 is 29.2 Å². The van der Waals surface area contributed by atoms with Crippen molar-refractivity contribution >= 4 is 5.97 Å². The van der Waals surface area contributed by atoms with Crippen LogP contribution in [-0.2, 0) is 4.79 Å². The average Bonchev–Trinajstić information content (AvgIpc) is 2.42. The number of carboxylic acid groups (broad SMARTS) is 1. The van der Waals surface area contributed by atoms with Crippen molar-refractivity contribution in [2.24, 2.45) is 0 Å². The number of halogens is 2. The normalized spacial score (nSPS) is 25.6. The van der Waals surface area contributed by atoms with E-state index in [0.29, 0.717) is 25.8 Å². The Labute approximate surface area is 122 Å². The molecule has 0 radical (unpaired) electrons. The molecule has 116 valence electrons. The third-order valence-corrected chi connectivity index (χ3v) is 3.82. The molecule has 0 aliphatic heterocycles. The van der Waals surface area contributed by atoms with E-state index >= 15 is 0 Å². The summed E-state index contributed by atoms with van der Waals surface area (Å²) >= 11 is 0. The van der Waals surface area contributed by atoms with Crippen LogP contribution >= 0.6 is 0 Å². The van der Waals surface area contributed by atoms with E-state index in [0.717, 1.165) is 12.1 Å². The summed E-state index contributed by atoms with van der Waals surface area (Å²) in [5.74, 6) is -2.41. The summed E-state index contributed by atoms with van der Waals surface area (Å²) in [7, 11) is 0. The van der Waals surface area contributed by atoms with E-state index in [1.54, 1.807) is 0 Å². The van der Waals surface area contributed by atoms with Gasteiger partial charge >= 0.3 is 5.97 Å². The number of ether oxygens (including phenoxy) is 1. The average molecular weight is 299 g/mol. The Morgan fingerprint density at radius 1 is 1.52 bits per heavy atom. The first-order valence-corrected chi connectivity index (χ1v) is 7.07. The van der Waals surface area contributed by atoms with Crippen LogP contribution in [0.15, 0.2) is 18.2 Å². The molecule has 1 aliphatic rings. The number of benzene rings is 1. The minimum Gasteiger partial charge on any atom is -0.487 e. The molecule has 2 N–H and O–H groups in total. The second-order valence-electron chi connectivity index (χ2n) is 5.33. The predicted molar refractivity (Wildman–Crippen MR) is 73.3 cm³/mol. The fourth-order valence-electron chi connectivity index (χ4n) is 2.84. The Morgan fingerprint density at radius 2 is 2.29 bits per heavy atom. The maximum Gasteiger partial charge on any atom is 0.324 e. The van der Waals surface area contributed by atoms with Crippen LogP contribution < -0.4 is 10.1 Å². The van der Waals surface area contributed by atoms with Crippen molar-refractivity contribution in [3.63, 3.8) is 0 Å². The Hall–Kier alpha value is -1.69. The van der Waals surface area contributed by atoms with Crippen molar-refractivity contribution in [2.45, 2.75) is 44.2 Å². The molecule has 6 heteroatoms. The van der Waals surface area contributed by atoms with Gasteiger partial charge in [-0.25, -0.2) is 8.78 Å². The third-order valence-electron chi connectivity index (χ3n) is 3.82. The summed E-state index contributed by atoms with van der Waals surface area (Å²) in [5.41, 5.74) is -1.03. The number of hydrogen-bond donors (Lipinski definition) is 2. The van der Waals surface area contributed by atoms with Gasteiger partial charge in [0.05, 0.1) is 0 Å². The van der Waals surface area contributed by atoms with Crippen molar-refractivity contribution < 1.29 is 23.4 Å². The van der Waals surface area contributed by atoms with Crippen LogP contribution in [0.25, 0.3) is 0 Å². The van der Waals surface area contributed by atoms with E-state index in [1.165, 1.54) is 6.07 Å². The monoisotopic (exact) mass is 299 g/mol. The molecule has 4 nitrogen and oxygen atoms in total. The van der Waals surface area contributed by atoms with E-state index in [4.69, 9.17) is 4.74 Å². The minimum absolute atomic E-state index is 0.0425. The highest BCUT2D eigenvalue weighted by atomic mass is 19.1. The van der Waals surface area contributed by atoms with Gasteiger partial charge in [-0.1, -0.05) is 6.92 Å². The molecule has 1 fully saturated rings. The molecule has 0 amide bonds. The largest absolute Gasteiger partial charge is 0.487 e. The van der Waals surface area contributed by atoms with Crippen LogP contribution in [0, 0.1) is 11.6 Å². The lowest BCUT2D eigenvalue weighted by Crippen LogP contribution is -2.56. The van der Waals surface area contributed by atoms with Gasteiger partial charge in [-0.05, 0) is 37.9 Å². The van der Waals surface area contributed by atoms with Gasteiger partial charge in [-0.3, -0.25) is 4.79 Å². The van der Waals surface area contributed by atoms with Gasteiger partial charge in [0.25, 0.3) is 0 Å². The van der Waals surface area contributed by atoms with Crippen LogP contribution in [0.2, 0.25) is 0 Å². The highest BCUT2D eigenvalue weighted by Crippen LogP contribution is 2.32. The number of nitrogens with one attached hydrogen (secondary N) is 1. The fraction of sp³-hybridized carbons (Fsp3) is 0.533. The molecule has 1 aromatic rings. The Morgan fingerprint density at radius 3 is 2.90 bits per heavy atom. The Balaban J connectivity index is 2.12. The maximum absolute atomic E-state index is 13.6. The molecule has 0 saturated heterocycles. The number of likely N-dealkylation sites (N-methyl/N-ethyl adjacent to an activating group) is 1. The van der Waals surface area contributed by atoms with Gasteiger partial charge in [0.15, 0.2) is 11.6 Å². The number of carboxylic acids is 1. The number of aliphatic carboxylic acids is 1. The van der Waals surface area contributed by atoms with Crippen LogP contribution in [-0.4, -0.2) is 29.3 Å². The van der Waals surface area contributed by atoms with Gasteiger partial charge in [0.1, 0.15) is 17.5 Å². The van der Waals surface area contributed by atoms with Crippen molar-refractivity contribution in [3.05, 3.63) is 29.8 Å². The zero-order valence-corrected chi connectivity index (χ0v) is 11.9. The summed E-state index contributed by atoms with van der Waals surface area (Å²) in [6.07, 6.45) is 1.69. The molecular weight excluding hydrogens is 280 g/mol.